The zero-order chi connectivity index (χ0) is 11.5. The minimum atomic E-state index is -2.02. The van der Waals surface area contributed by atoms with E-state index in [0.717, 1.165) is 6.92 Å². The van der Waals surface area contributed by atoms with E-state index in [-0.39, 0.29) is 0 Å². The molecular weight excluding hydrogens is 256 g/mol. The smallest absolute Gasteiger partial charge is 0.303 e. The molecule has 0 aliphatic carbocycles. The number of esters is 1. The highest BCUT2D eigenvalue weighted by Gasteiger charge is 2.45. The van der Waals surface area contributed by atoms with Gasteiger partial charge in [-0.25, -0.2) is 0 Å². The van der Waals surface area contributed by atoms with Crippen LogP contribution in [-0.2, 0) is 9.53 Å². The van der Waals surface area contributed by atoms with Crippen LogP contribution in [-0.4, -0.2) is 26.8 Å². The molecule has 0 heterocycles. The van der Waals surface area contributed by atoms with Gasteiger partial charge in [0.1, 0.15) is 0 Å². The van der Waals surface area contributed by atoms with E-state index in [1.807, 2.05) is 0 Å². The maximum absolute atomic E-state index is 10.6. The molecular formula is C6H8Cl3NO4. The molecule has 0 aliphatic heterocycles. The number of nitro groups is 1. The van der Waals surface area contributed by atoms with Gasteiger partial charge in [-0.2, -0.15) is 0 Å². The Morgan fingerprint density at radius 3 is 2.14 bits per heavy atom. The number of carbonyl (C=O) groups is 1. The van der Waals surface area contributed by atoms with Crippen molar-refractivity contribution in [1.82, 2.24) is 0 Å². The van der Waals surface area contributed by atoms with Crippen molar-refractivity contribution >= 4 is 40.8 Å². The van der Waals surface area contributed by atoms with Crippen molar-refractivity contribution in [2.45, 2.75) is 29.8 Å². The molecule has 0 aliphatic rings. The van der Waals surface area contributed by atoms with Gasteiger partial charge in [0.25, 0.3) is 6.04 Å². The molecule has 2 unspecified atom stereocenters. The first-order valence-corrected chi connectivity index (χ1v) is 4.67. The lowest BCUT2D eigenvalue weighted by Gasteiger charge is -2.24. The number of ether oxygens (including phenoxy) is 1. The number of alkyl halides is 3. The lowest BCUT2D eigenvalue weighted by Crippen LogP contribution is -2.43. The van der Waals surface area contributed by atoms with Gasteiger partial charge >= 0.3 is 5.97 Å². The van der Waals surface area contributed by atoms with E-state index < -0.39 is 26.8 Å². The molecule has 82 valence electrons. The fraction of sp³-hybridized carbons (Fsp3) is 0.833. The first-order valence-electron chi connectivity index (χ1n) is 3.53. The van der Waals surface area contributed by atoms with E-state index in [0.29, 0.717) is 0 Å². The predicted octanol–water partition coefficient (Wildman–Crippen LogP) is 1.95. The van der Waals surface area contributed by atoms with Gasteiger partial charge in [-0.3, -0.25) is 14.9 Å². The largest absolute Gasteiger partial charge is 0.451 e. The Kier molecular flexibility index (Phi) is 4.91. The molecule has 0 aromatic rings. The molecule has 5 nitrogen and oxygen atoms in total. The summed E-state index contributed by atoms with van der Waals surface area (Å²) >= 11 is 16.3. The van der Waals surface area contributed by atoms with Crippen LogP contribution in [0.5, 0.6) is 0 Å². The van der Waals surface area contributed by atoms with E-state index in [4.69, 9.17) is 34.8 Å². The molecule has 2 atom stereocenters. The van der Waals surface area contributed by atoms with Gasteiger partial charge < -0.3 is 4.74 Å². The molecule has 8 heteroatoms. The Labute approximate surface area is 95.4 Å². The van der Waals surface area contributed by atoms with Gasteiger partial charge in [-0.1, -0.05) is 34.8 Å². The molecule has 0 saturated heterocycles. The maximum atomic E-state index is 10.6. The summed E-state index contributed by atoms with van der Waals surface area (Å²) in [6, 6.07) is -1.29. The van der Waals surface area contributed by atoms with Crippen molar-refractivity contribution in [2.75, 3.05) is 0 Å². The lowest BCUT2D eigenvalue weighted by molar-refractivity contribution is -0.529. The third kappa shape index (κ3) is 4.30. The highest BCUT2D eigenvalue weighted by Crippen LogP contribution is 2.34. The van der Waals surface area contributed by atoms with Gasteiger partial charge in [-0.05, 0) is 0 Å². The topological polar surface area (TPSA) is 69.4 Å². The minimum absolute atomic E-state index is 0.685. The molecule has 14 heavy (non-hydrogen) atoms. The van der Waals surface area contributed by atoms with Crippen LogP contribution < -0.4 is 0 Å². The van der Waals surface area contributed by atoms with Gasteiger partial charge in [0.15, 0.2) is 0 Å². The molecule has 0 aromatic carbocycles. The third-order valence-corrected chi connectivity index (χ3v) is 2.03. The normalized spacial score (nSPS) is 15.8. The van der Waals surface area contributed by atoms with Crippen LogP contribution in [0.25, 0.3) is 0 Å². The summed E-state index contributed by atoms with van der Waals surface area (Å²) in [7, 11) is 0. The SMILES string of the molecule is CC(=O)OC(C(C)[N+](=O)[O-])C(Cl)(Cl)Cl. The Morgan fingerprint density at radius 2 is 1.93 bits per heavy atom. The van der Waals surface area contributed by atoms with Crippen molar-refractivity contribution in [3.8, 4) is 0 Å². The Hall–Kier alpha value is -0.260. The Balaban J connectivity index is 4.73. The number of hydrogen-bond acceptors (Lipinski definition) is 4. The van der Waals surface area contributed by atoms with Crippen LogP contribution in [0.1, 0.15) is 13.8 Å². The quantitative estimate of drug-likeness (QED) is 0.338. The summed E-state index contributed by atoms with van der Waals surface area (Å²) in [6.07, 6.45) is -1.40. The first-order chi connectivity index (χ1) is 6.16. The standard InChI is InChI=1S/C6H8Cl3NO4/c1-3(10(12)13)5(6(7,8)9)14-4(2)11/h3,5H,1-2H3. The molecule has 0 rings (SSSR count). The molecule has 0 amide bonds. The highest BCUT2D eigenvalue weighted by molar-refractivity contribution is 6.68. The maximum Gasteiger partial charge on any atom is 0.303 e. The zero-order valence-electron chi connectivity index (χ0n) is 7.37. The van der Waals surface area contributed by atoms with Gasteiger partial charge in [0.2, 0.25) is 9.90 Å². The van der Waals surface area contributed by atoms with E-state index in [9.17, 15) is 14.9 Å². The Morgan fingerprint density at radius 1 is 1.50 bits per heavy atom. The number of nitrogens with zero attached hydrogens (tertiary/aromatic N) is 1. The van der Waals surface area contributed by atoms with E-state index in [1.54, 1.807) is 0 Å². The minimum Gasteiger partial charge on any atom is -0.451 e. The summed E-state index contributed by atoms with van der Waals surface area (Å²) in [5.41, 5.74) is 0. The van der Waals surface area contributed by atoms with Crippen molar-refractivity contribution in [2.24, 2.45) is 0 Å². The van der Waals surface area contributed by atoms with Gasteiger partial charge in [0, 0.05) is 18.8 Å². The van der Waals surface area contributed by atoms with Crippen LogP contribution in [0.4, 0.5) is 0 Å². The van der Waals surface area contributed by atoms with E-state index >= 15 is 0 Å². The molecule has 0 saturated carbocycles. The van der Waals surface area contributed by atoms with Gasteiger partial charge in [-0.15, -0.1) is 0 Å². The van der Waals surface area contributed by atoms with Crippen molar-refractivity contribution < 1.29 is 14.5 Å². The second kappa shape index (κ2) is 5.00. The fourth-order valence-electron chi connectivity index (χ4n) is 0.728. The van der Waals surface area contributed by atoms with Crippen LogP contribution in [0.3, 0.4) is 0 Å². The second-order valence-corrected chi connectivity index (χ2v) is 4.97. The summed E-state index contributed by atoms with van der Waals surface area (Å²) in [6.45, 7) is 2.27. The fourth-order valence-corrected chi connectivity index (χ4v) is 1.41. The number of rotatable bonds is 3. The van der Waals surface area contributed by atoms with Gasteiger partial charge in [0.05, 0.1) is 0 Å². The predicted molar refractivity (Wildman–Crippen MR) is 52.3 cm³/mol. The van der Waals surface area contributed by atoms with E-state index in [2.05, 4.69) is 4.74 Å². The monoisotopic (exact) mass is 263 g/mol. The van der Waals surface area contributed by atoms with Crippen molar-refractivity contribution in [3.63, 3.8) is 0 Å². The molecule has 0 N–H and O–H groups in total. The molecule has 0 aromatic heterocycles. The summed E-state index contributed by atoms with van der Waals surface area (Å²) in [5.74, 6) is -0.741. The Bertz CT molecular complexity index is 240. The third-order valence-electron chi connectivity index (χ3n) is 1.39. The average Bonchev–Trinajstić information content (AvgIpc) is 1.96. The highest BCUT2D eigenvalue weighted by atomic mass is 35.6. The second-order valence-electron chi connectivity index (χ2n) is 2.60. The zero-order valence-corrected chi connectivity index (χ0v) is 9.64. The molecule has 0 radical (unpaired) electrons. The van der Waals surface area contributed by atoms with Crippen LogP contribution in [0.2, 0.25) is 0 Å². The number of hydrogen-bond donors (Lipinski definition) is 0. The summed E-state index contributed by atoms with van der Waals surface area (Å²) in [5, 5.41) is 10.4. The van der Waals surface area contributed by atoms with E-state index in [1.165, 1.54) is 6.92 Å². The number of carbonyl (C=O) groups excluding carboxylic acids is 1. The van der Waals surface area contributed by atoms with Crippen LogP contribution in [0.15, 0.2) is 0 Å². The molecule has 0 fully saturated rings. The van der Waals surface area contributed by atoms with Crippen molar-refractivity contribution in [1.29, 1.82) is 0 Å². The van der Waals surface area contributed by atoms with Crippen LogP contribution in [0, 0.1) is 10.1 Å². The lowest BCUT2D eigenvalue weighted by atomic mass is 10.2. The average molecular weight is 264 g/mol. The number of halogens is 3. The summed E-state index contributed by atoms with van der Waals surface area (Å²) < 4.78 is 2.55. The molecule has 0 spiro atoms. The molecule has 0 bridgehead atoms. The first kappa shape index (κ1) is 13.7. The summed E-state index contributed by atoms with van der Waals surface area (Å²) in [4.78, 5) is 20.3. The van der Waals surface area contributed by atoms with Crippen molar-refractivity contribution in [3.05, 3.63) is 10.1 Å². The van der Waals surface area contributed by atoms with Crippen LogP contribution >= 0.6 is 34.8 Å².